The molecule has 378 valence electrons. The molecule has 0 aliphatic heterocycles. The first kappa shape index (κ1) is 51.7. The number of aliphatic carboxylic acids is 1. The number of carbonyl (C=O) groups is 4. The van der Waals surface area contributed by atoms with Crippen LogP contribution in [0, 0.1) is 13.8 Å². The maximum absolute atomic E-state index is 13.9. The Bertz CT molecular complexity index is 2920. The molecule has 73 heavy (non-hydrogen) atoms. The van der Waals surface area contributed by atoms with Gasteiger partial charge >= 0.3 is 5.97 Å². The van der Waals surface area contributed by atoms with Gasteiger partial charge in [-0.2, -0.15) is 15.3 Å². The summed E-state index contributed by atoms with van der Waals surface area (Å²) < 4.78 is 12.0. The van der Waals surface area contributed by atoms with Gasteiger partial charge in [0.15, 0.2) is 0 Å². The van der Waals surface area contributed by atoms with Crippen molar-refractivity contribution >= 4 is 52.8 Å². The molecule has 10 rings (SSSR count). The molecule has 0 bridgehead atoms. The fourth-order valence-electron chi connectivity index (χ4n) is 10.5. The number of carboxylic acid groups (broad SMARTS) is 1. The quantitative estimate of drug-likeness (QED) is 0.0307. The Morgan fingerprint density at radius 2 is 1.26 bits per heavy atom. The summed E-state index contributed by atoms with van der Waals surface area (Å²) in [6.45, 7) is 12.3. The van der Waals surface area contributed by atoms with Crippen molar-refractivity contribution in [1.29, 1.82) is 0 Å². The summed E-state index contributed by atoms with van der Waals surface area (Å²) in [6.07, 6.45) is 19.5. The average molecular weight is 1000 g/mol. The molecular formula is C55H67B2N9O6Si. The number of hydrogen-bond acceptors (Lipinski definition) is 10. The van der Waals surface area contributed by atoms with Crippen molar-refractivity contribution in [3.63, 3.8) is 0 Å². The summed E-state index contributed by atoms with van der Waals surface area (Å²) in [5, 5.41) is 32.4. The Morgan fingerprint density at radius 3 is 1.77 bits per heavy atom. The standard InChI is InChI=1S/C36H46BN6O3Si.C19H21BN3O3/c1-24-34(25(2)43(41-24)23-46-17-18-47(3,4)5)27-11-13-30(14-12-27)39-36(45)35(40-37-22-44)32-8-6-7-26-9-10-28(19-33(26)32)29-20-38-42(21-29)31-15-16-31;24-11-20-22-18(19(25)26)16-3-1-2-12-4-5-13(8-17(12)16)14-9-21-23(10-14)15-6-7-15/h9-14,19-22,31-32,35,40H,6-8,15-18,23H2,1-5H3,(H,39,45);4-5,8-11,15-16,18,22H,1-3,6-7H2,(H,25,26)/t32-,35+;16-,18+/m11/s1. The number of hydrogen-bond donors (Lipinski definition) is 4. The molecule has 4 atom stereocenters. The summed E-state index contributed by atoms with van der Waals surface area (Å²) in [7, 11) is 1.36. The Balaban J connectivity index is 0.000000212. The fourth-order valence-corrected chi connectivity index (χ4v) is 11.3. The number of nitrogens with zero attached hydrogens (tertiary/aromatic N) is 6. The first-order valence-electron chi connectivity index (χ1n) is 25.9. The molecule has 2 fully saturated rings. The van der Waals surface area contributed by atoms with Crippen LogP contribution in [0.1, 0.15) is 109 Å². The molecule has 0 spiro atoms. The smallest absolute Gasteiger partial charge is 0.320 e. The van der Waals surface area contributed by atoms with E-state index in [0.29, 0.717) is 36.9 Å². The third-order valence-electron chi connectivity index (χ3n) is 14.8. The van der Waals surface area contributed by atoms with Crippen LogP contribution in [0.2, 0.25) is 25.7 Å². The van der Waals surface area contributed by atoms with Crippen LogP contribution in [0.3, 0.4) is 0 Å². The third kappa shape index (κ3) is 12.6. The Labute approximate surface area is 430 Å². The van der Waals surface area contributed by atoms with Crippen molar-refractivity contribution < 1.29 is 29.0 Å². The lowest BCUT2D eigenvalue weighted by atomic mass is 9.76. The van der Waals surface area contributed by atoms with E-state index >= 15 is 0 Å². The van der Waals surface area contributed by atoms with Gasteiger partial charge in [0, 0.05) is 67.0 Å². The molecule has 4 aliphatic carbocycles. The molecule has 0 unspecified atom stereocenters. The highest BCUT2D eigenvalue weighted by Gasteiger charge is 2.35. The van der Waals surface area contributed by atoms with Crippen LogP contribution in [-0.2, 0) is 43.5 Å². The minimum Gasteiger partial charge on any atom is -0.480 e. The number of aryl methyl sites for hydroxylation is 3. The first-order chi connectivity index (χ1) is 35.3. The molecule has 3 aromatic carbocycles. The lowest BCUT2D eigenvalue weighted by Gasteiger charge is -2.32. The van der Waals surface area contributed by atoms with Gasteiger partial charge in [-0.25, -0.2) is 4.68 Å². The number of nitrogens with one attached hydrogen (secondary N) is 3. The van der Waals surface area contributed by atoms with E-state index in [9.17, 15) is 24.3 Å². The van der Waals surface area contributed by atoms with Crippen LogP contribution in [0.15, 0.2) is 85.5 Å². The largest absolute Gasteiger partial charge is 0.480 e. The predicted octanol–water partition coefficient (Wildman–Crippen LogP) is 8.66. The number of ether oxygens (including phenoxy) is 1. The minimum absolute atomic E-state index is 0.0863. The number of anilines is 1. The monoisotopic (exact) mass is 1000 g/mol. The Morgan fingerprint density at radius 1 is 0.740 bits per heavy atom. The minimum atomic E-state index is -1.15. The molecule has 6 aromatic rings. The molecule has 1 amide bonds. The van der Waals surface area contributed by atoms with E-state index in [1.54, 1.807) is 0 Å². The van der Waals surface area contributed by atoms with E-state index in [2.05, 4.69) is 106 Å². The second kappa shape index (κ2) is 22.9. The van der Waals surface area contributed by atoms with Crippen molar-refractivity contribution in [2.75, 3.05) is 11.9 Å². The van der Waals surface area contributed by atoms with E-state index in [1.807, 2.05) is 52.9 Å². The van der Waals surface area contributed by atoms with Crippen LogP contribution in [-0.4, -0.2) is 100 Å². The van der Waals surface area contributed by atoms with E-state index in [4.69, 9.17) is 9.84 Å². The number of aromatic nitrogens is 6. The van der Waals surface area contributed by atoms with Crippen molar-refractivity contribution in [1.82, 2.24) is 39.8 Å². The van der Waals surface area contributed by atoms with Gasteiger partial charge in [0.25, 0.3) is 14.8 Å². The zero-order valence-corrected chi connectivity index (χ0v) is 43.7. The summed E-state index contributed by atoms with van der Waals surface area (Å²) in [5.41, 5.74) is 13.8. The van der Waals surface area contributed by atoms with E-state index in [1.165, 1.54) is 51.6 Å². The van der Waals surface area contributed by atoms with Gasteiger partial charge in [0.2, 0.25) is 5.91 Å². The van der Waals surface area contributed by atoms with Gasteiger partial charge in [-0.3, -0.25) is 19.0 Å². The number of fused-ring (bicyclic) bond motifs is 2. The summed E-state index contributed by atoms with van der Waals surface area (Å²) in [5.74, 6) is -1.35. The number of benzene rings is 3. The highest BCUT2D eigenvalue weighted by atomic mass is 28.3. The molecule has 4 N–H and O–H groups in total. The van der Waals surface area contributed by atoms with Gasteiger partial charge in [-0.15, -0.1) is 0 Å². The molecule has 18 heteroatoms. The topological polar surface area (TPSA) is 187 Å². The van der Waals surface area contributed by atoms with E-state index in [-0.39, 0.29) is 17.7 Å². The van der Waals surface area contributed by atoms with Crippen LogP contribution >= 0.6 is 0 Å². The van der Waals surface area contributed by atoms with Crippen LogP contribution in [0.25, 0.3) is 33.4 Å². The molecule has 3 aromatic heterocycles. The lowest BCUT2D eigenvalue weighted by Crippen LogP contribution is -2.47. The van der Waals surface area contributed by atoms with Gasteiger partial charge in [0.1, 0.15) is 12.8 Å². The second-order valence-corrected chi connectivity index (χ2v) is 27.0. The van der Waals surface area contributed by atoms with Crippen LogP contribution < -0.4 is 15.8 Å². The number of carbonyl (C=O) groups excluding carboxylic acids is 3. The van der Waals surface area contributed by atoms with Gasteiger partial charge < -0.3 is 35.2 Å². The number of carboxylic acids is 1. The zero-order valence-electron chi connectivity index (χ0n) is 42.7. The molecule has 2 radical (unpaired) electrons. The summed E-state index contributed by atoms with van der Waals surface area (Å²) in [4.78, 5) is 47.6. The predicted molar refractivity (Wildman–Crippen MR) is 290 cm³/mol. The normalized spacial score (nSPS) is 18.0. The molecule has 3 heterocycles. The maximum Gasteiger partial charge on any atom is 0.320 e. The van der Waals surface area contributed by atoms with Gasteiger partial charge in [-0.05, 0) is 135 Å². The van der Waals surface area contributed by atoms with Crippen LogP contribution in [0.4, 0.5) is 5.69 Å². The SMILES string of the molecule is Cc1nn(COCC[Si](C)(C)C)c(C)c1-c1ccc(NC(=O)[C@@H](N[B]C=O)[C@@H]2CCCc3ccc(-c4cnn(C5CC5)c4)cc32)cc1.O=C[B]N[C@H](C(=O)O)[C@@H]1CCCc2ccc(-c3cnn(C4CC4)c3)cc21. The summed E-state index contributed by atoms with van der Waals surface area (Å²) >= 11 is 0. The Kier molecular flexibility index (Phi) is 16.2. The van der Waals surface area contributed by atoms with Gasteiger partial charge in [0.05, 0.1) is 48.6 Å². The van der Waals surface area contributed by atoms with Crippen molar-refractivity contribution in [2.24, 2.45) is 0 Å². The Hall–Kier alpha value is -6.20. The third-order valence-corrected chi connectivity index (χ3v) is 16.5. The van der Waals surface area contributed by atoms with Crippen molar-refractivity contribution in [2.45, 2.75) is 146 Å². The molecule has 15 nitrogen and oxygen atoms in total. The average Bonchev–Trinajstić information content (AvgIpc) is 4.29. The fraction of sp³-hybridized carbons (Fsp3) is 0.436. The molecule has 4 aliphatic rings. The molecule has 2 saturated carbocycles. The highest BCUT2D eigenvalue weighted by Crippen LogP contribution is 2.41. The van der Waals surface area contributed by atoms with E-state index < -0.39 is 26.1 Å². The van der Waals surface area contributed by atoms with Gasteiger partial charge in [-0.1, -0.05) is 68.2 Å². The first-order valence-corrected chi connectivity index (χ1v) is 29.7. The zero-order chi connectivity index (χ0) is 51.2. The second-order valence-electron chi connectivity index (χ2n) is 21.4. The van der Waals surface area contributed by atoms with Crippen molar-refractivity contribution in [3.8, 4) is 33.4 Å². The van der Waals surface area contributed by atoms with Crippen molar-refractivity contribution in [3.05, 3.63) is 119 Å². The maximum atomic E-state index is 13.9. The molecule has 0 saturated heterocycles. The number of rotatable bonds is 21. The number of amides is 1. The molecular weight excluding hydrogens is 932 g/mol. The lowest BCUT2D eigenvalue weighted by molar-refractivity contribution is -0.139. The van der Waals surface area contributed by atoms with E-state index in [0.717, 1.165) is 107 Å². The summed E-state index contributed by atoms with van der Waals surface area (Å²) in [6, 6.07) is 21.5. The highest BCUT2D eigenvalue weighted by molar-refractivity contribution is 6.76. The van der Waals surface area contributed by atoms with Crippen LogP contribution in [0.5, 0.6) is 0 Å².